The molecule has 0 aliphatic heterocycles. The summed E-state index contributed by atoms with van der Waals surface area (Å²) in [5.74, 6) is 0. The summed E-state index contributed by atoms with van der Waals surface area (Å²) in [4.78, 5) is 10.4. The minimum atomic E-state index is 0.541. The van der Waals surface area contributed by atoms with Crippen LogP contribution in [-0.2, 0) is 0 Å². The molecule has 0 saturated heterocycles. The molecule has 0 bridgehead atoms. The Morgan fingerprint density at radius 3 is 1.01 bits per heavy atom. The van der Waals surface area contributed by atoms with E-state index >= 15 is 0 Å². The molecule has 8 heteroatoms. The number of benzene rings is 9. The van der Waals surface area contributed by atoms with Gasteiger partial charge in [-0.3, -0.25) is 9.97 Å². The largest absolute Gasteiger partial charge is 0.309 e. The quantitative estimate of drug-likeness (QED) is 0.162. The first-order valence-corrected chi connectivity index (χ1v) is 22.0. The van der Waals surface area contributed by atoms with E-state index in [2.05, 4.69) is 106 Å². The molecule has 4 heterocycles. The number of fused-ring (bicyclic) bond motifs is 10. The maximum atomic E-state index is 9.96. The van der Waals surface area contributed by atoms with E-state index in [1.807, 2.05) is 109 Å². The first-order chi connectivity index (χ1) is 33.5. The van der Waals surface area contributed by atoms with Crippen molar-refractivity contribution in [3.63, 3.8) is 0 Å². The fourth-order valence-electron chi connectivity index (χ4n) is 10.5. The van der Waals surface area contributed by atoms with Gasteiger partial charge in [-0.2, -0.15) is 21.0 Å². The molecule has 13 aromatic rings. The molecule has 0 N–H and O–H groups in total. The molecule has 0 saturated carbocycles. The van der Waals surface area contributed by atoms with Crippen LogP contribution in [0.15, 0.2) is 182 Å². The third kappa shape index (κ3) is 5.57. The Balaban J connectivity index is 1.21. The minimum Gasteiger partial charge on any atom is -0.309 e. The van der Waals surface area contributed by atoms with Crippen molar-refractivity contribution in [2.24, 2.45) is 0 Å². The number of nitrogens with zero attached hydrogens (tertiary/aromatic N) is 8. The summed E-state index contributed by atoms with van der Waals surface area (Å²) in [5, 5.41) is 51.4. The fraction of sp³-hybridized carbons (Fsp3) is 0. The molecule has 13 rings (SSSR count). The Morgan fingerprint density at radius 2 is 0.662 bits per heavy atom. The highest BCUT2D eigenvalue weighted by atomic mass is 15.0. The van der Waals surface area contributed by atoms with Gasteiger partial charge in [0.15, 0.2) is 0 Å². The molecule has 0 radical (unpaired) electrons. The van der Waals surface area contributed by atoms with Gasteiger partial charge in [-0.25, -0.2) is 0 Å². The molecular formula is C60H30N8. The van der Waals surface area contributed by atoms with Gasteiger partial charge in [0, 0.05) is 67.2 Å². The van der Waals surface area contributed by atoms with E-state index in [0.29, 0.717) is 22.3 Å². The second kappa shape index (κ2) is 14.7. The van der Waals surface area contributed by atoms with Gasteiger partial charge < -0.3 is 9.13 Å². The van der Waals surface area contributed by atoms with Crippen LogP contribution in [0.25, 0.3) is 121 Å². The Kier molecular flexibility index (Phi) is 8.30. The molecule has 68 heavy (non-hydrogen) atoms. The molecule has 0 aliphatic rings. The van der Waals surface area contributed by atoms with Gasteiger partial charge in [0.2, 0.25) is 0 Å². The van der Waals surface area contributed by atoms with Crippen molar-refractivity contribution in [1.29, 1.82) is 21.0 Å². The van der Waals surface area contributed by atoms with Crippen LogP contribution in [0.5, 0.6) is 0 Å². The number of aromatic nitrogens is 4. The van der Waals surface area contributed by atoms with Gasteiger partial charge in [0.05, 0.1) is 80.0 Å². The molecule has 0 atom stereocenters. The van der Waals surface area contributed by atoms with Crippen molar-refractivity contribution in [2.45, 2.75) is 0 Å². The van der Waals surface area contributed by atoms with Crippen molar-refractivity contribution in [2.75, 3.05) is 0 Å². The standard InChI is InChI=1S/C60H30N8/c61-31-35-9-17-53-47(25-35)48-26-36(32-62)10-18-54(48)67(53)41-14-16-46-51(29-41)57(59-43-7-3-1-5-39(43)21-23-65-59)45-15-13-42(30-52(45)58(46)60-44-8-4-2-6-40(44)22-24-66-60)68-55-19-11-37(33-63)27-49(55)50-28-38(34-64)12-20-56(50)68/h1-30H. The summed E-state index contributed by atoms with van der Waals surface area (Å²) in [7, 11) is 0. The normalized spacial score (nSPS) is 11.5. The van der Waals surface area contributed by atoms with Crippen LogP contribution in [0.2, 0.25) is 0 Å². The highest BCUT2D eigenvalue weighted by molar-refractivity contribution is 6.25. The van der Waals surface area contributed by atoms with Crippen molar-refractivity contribution in [1.82, 2.24) is 19.1 Å². The summed E-state index contributed by atoms with van der Waals surface area (Å²) in [6.45, 7) is 0. The summed E-state index contributed by atoms with van der Waals surface area (Å²) in [6.07, 6.45) is 3.76. The number of nitriles is 4. The highest BCUT2D eigenvalue weighted by Crippen LogP contribution is 2.48. The van der Waals surface area contributed by atoms with Crippen LogP contribution in [0, 0.1) is 45.3 Å². The molecule has 0 spiro atoms. The maximum Gasteiger partial charge on any atom is 0.0991 e. The lowest BCUT2D eigenvalue weighted by atomic mass is 9.86. The molecule has 0 fully saturated rings. The number of pyridine rings is 2. The second-order valence-corrected chi connectivity index (χ2v) is 17.0. The average Bonchev–Trinajstić information content (AvgIpc) is 3.90. The van der Waals surface area contributed by atoms with E-state index in [9.17, 15) is 21.0 Å². The summed E-state index contributed by atoms with van der Waals surface area (Å²) in [6, 6.07) is 66.1. The van der Waals surface area contributed by atoms with Gasteiger partial charge in [0.1, 0.15) is 0 Å². The van der Waals surface area contributed by atoms with E-state index < -0.39 is 0 Å². The molecule has 0 amide bonds. The van der Waals surface area contributed by atoms with E-state index in [4.69, 9.17) is 9.97 Å². The summed E-state index contributed by atoms with van der Waals surface area (Å²) < 4.78 is 4.43. The molecule has 0 aliphatic carbocycles. The Labute approximate surface area is 387 Å². The van der Waals surface area contributed by atoms with Crippen molar-refractivity contribution >= 4 is 86.7 Å². The minimum absolute atomic E-state index is 0.541. The predicted molar refractivity (Wildman–Crippen MR) is 270 cm³/mol. The number of hydrogen-bond acceptors (Lipinski definition) is 6. The SMILES string of the molecule is N#Cc1ccc2c(c1)c1cc(C#N)ccc1n2-c1ccc2c(-c3nccc4ccccc34)c3cc(-n4c5ccc(C#N)cc5c5cc(C#N)ccc54)ccc3c(-c3nccc4ccccc34)c2c1. The molecule has 310 valence electrons. The lowest BCUT2D eigenvalue weighted by molar-refractivity contribution is 1.18. The van der Waals surface area contributed by atoms with Gasteiger partial charge in [-0.15, -0.1) is 0 Å². The molecular weight excluding hydrogens is 833 g/mol. The first-order valence-electron chi connectivity index (χ1n) is 22.0. The number of rotatable bonds is 4. The zero-order valence-electron chi connectivity index (χ0n) is 35.9. The highest BCUT2D eigenvalue weighted by Gasteiger charge is 2.24. The Hall–Kier alpha value is -10.1. The van der Waals surface area contributed by atoms with Crippen LogP contribution in [-0.4, -0.2) is 19.1 Å². The van der Waals surface area contributed by atoms with Crippen LogP contribution < -0.4 is 0 Å². The molecule has 8 nitrogen and oxygen atoms in total. The third-order valence-electron chi connectivity index (χ3n) is 13.5. The van der Waals surface area contributed by atoms with Crippen molar-refractivity contribution < 1.29 is 0 Å². The first kappa shape index (κ1) is 38.3. The smallest absolute Gasteiger partial charge is 0.0991 e. The number of hydrogen-bond donors (Lipinski definition) is 0. The lowest BCUT2D eigenvalue weighted by Crippen LogP contribution is -2.00. The maximum absolute atomic E-state index is 9.96. The summed E-state index contributed by atoms with van der Waals surface area (Å²) in [5.41, 5.74) is 11.2. The third-order valence-corrected chi connectivity index (χ3v) is 13.5. The molecule has 0 unspecified atom stereocenters. The predicted octanol–water partition coefficient (Wildman–Crippen LogP) is 14.1. The van der Waals surface area contributed by atoms with Crippen molar-refractivity contribution in [3.8, 4) is 58.2 Å². The zero-order valence-corrected chi connectivity index (χ0v) is 35.9. The summed E-state index contributed by atoms with van der Waals surface area (Å²) >= 11 is 0. The topological polar surface area (TPSA) is 131 Å². The Bertz CT molecular complexity index is 4120. The van der Waals surface area contributed by atoms with Gasteiger partial charge in [-0.1, -0.05) is 60.7 Å². The van der Waals surface area contributed by atoms with E-state index in [1.54, 1.807) is 0 Å². The van der Waals surface area contributed by atoms with Gasteiger partial charge in [-0.05, 0) is 142 Å². The molecule has 9 aromatic carbocycles. The zero-order chi connectivity index (χ0) is 45.6. The Morgan fingerprint density at radius 1 is 0.309 bits per heavy atom. The lowest BCUT2D eigenvalue weighted by Gasteiger charge is -2.21. The fourth-order valence-corrected chi connectivity index (χ4v) is 10.5. The van der Waals surface area contributed by atoms with Crippen LogP contribution in [0.4, 0.5) is 0 Å². The van der Waals surface area contributed by atoms with Crippen molar-refractivity contribution in [3.05, 3.63) is 205 Å². The van der Waals surface area contributed by atoms with Crippen LogP contribution in [0.3, 0.4) is 0 Å². The van der Waals surface area contributed by atoms with E-state index in [1.165, 1.54) is 0 Å². The van der Waals surface area contributed by atoms with Gasteiger partial charge >= 0.3 is 0 Å². The van der Waals surface area contributed by atoms with Crippen LogP contribution in [0.1, 0.15) is 22.3 Å². The monoisotopic (exact) mass is 862 g/mol. The second-order valence-electron chi connectivity index (χ2n) is 17.0. The van der Waals surface area contributed by atoms with E-state index in [0.717, 1.165) is 121 Å². The van der Waals surface area contributed by atoms with Crippen LogP contribution >= 0.6 is 0 Å². The van der Waals surface area contributed by atoms with Gasteiger partial charge in [0.25, 0.3) is 0 Å². The van der Waals surface area contributed by atoms with E-state index in [-0.39, 0.29) is 0 Å². The molecule has 4 aromatic heterocycles. The average molecular weight is 863 g/mol.